The monoisotopic (exact) mass is 772 g/mol. The molecule has 0 fully saturated rings. The standard InChI is InChI=1S/C55H57BN2O/c1-34-31-44-48-45(32-34)58(43-28-23-37(53(5,6)7)33-40(43)35-17-13-12-14-18-35)49-39-19-15-16-20-46(39)59-51(49)56(48)42-27-26-41-47(55(10,11)30-29-54(41,8)9)50(42)57(44)38-24-21-36(22-25-38)52(2,3)4/h12-28,31-33H,29-30H2,1-11H3. The molecule has 0 spiro atoms. The van der Waals surface area contributed by atoms with Crippen LogP contribution in [0.25, 0.3) is 22.1 Å². The van der Waals surface area contributed by atoms with Crippen molar-refractivity contribution in [1.29, 1.82) is 0 Å². The summed E-state index contributed by atoms with van der Waals surface area (Å²) in [6.45, 7) is 25.8. The maximum atomic E-state index is 7.27. The van der Waals surface area contributed by atoms with Gasteiger partial charge in [-0.1, -0.05) is 142 Å². The minimum atomic E-state index is -0.0977. The second-order valence-corrected chi connectivity index (χ2v) is 21.0. The van der Waals surface area contributed by atoms with Gasteiger partial charge in [-0.2, -0.15) is 0 Å². The Labute approximate surface area is 352 Å². The predicted molar refractivity (Wildman–Crippen MR) is 253 cm³/mol. The number of fused-ring (bicyclic) bond motifs is 8. The van der Waals surface area contributed by atoms with E-state index in [0.717, 1.165) is 40.8 Å². The summed E-state index contributed by atoms with van der Waals surface area (Å²) in [5.74, 6) is 0. The first kappa shape index (κ1) is 37.8. The lowest BCUT2D eigenvalue weighted by atomic mass is 9.35. The third kappa shape index (κ3) is 5.76. The molecule has 10 rings (SSSR count). The molecule has 296 valence electrons. The summed E-state index contributed by atoms with van der Waals surface area (Å²) in [5.41, 5.74) is 21.1. The molecule has 0 bridgehead atoms. The van der Waals surface area contributed by atoms with Gasteiger partial charge >= 0.3 is 0 Å². The quantitative estimate of drug-likeness (QED) is 0.167. The molecule has 0 unspecified atom stereocenters. The van der Waals surface area contributed by atoms with Crippen molar-refractivity contribution in [2.45, 2.75) is 111 Å². The average Bonchev–Trinajstić information content (AvgIpc) is 3.58. The highest BCUT2D eigenvalue weighted by Gasteiger charge is 2.50. The molecule has 1 aromatic heterocycles. The fourth-order valence-electron chi connectivity index (χ4n) is 10.5. The van der Waals surface area contributed by atoms with Crippen LogP contribution in [-0.2, 0) is 21.7 Å². The van der Waals surface area contributed by atoms with E-state index < -0.39 is 0 Å². The normalized spacial score (nSPS) is 16.4. The smallest absolute Gasteiger partial charge is 0.297 e. The molecule has 7 aromatic rings. The number of hydrogen-bond acceptors (Lipinski definition) is 3. The molecule has 6 aromatic carbocycles. The molecule has 3 heterocycles. The molecule has 0 N–H and O–H groups in total. The number of benzene rings is 6. The number of anilines is 6. The van der Waals surface area contributed by atoms with E-state index in [2.05, 4.69) is 207 Å². The van der Waals surface area contributed by atoms with Crippen LogP contribution in [0.1, 0.15) is 110 Å². The third-order valence-electron chi connectivity index (χ3n) is 13.8. The summed E-state index contributed by atoms with van der Waals surface area (Å²) in [5, 5.41) is 1.14. The van der Waals surface area contributed by atoms with Crippen molar-refractivity contribution in [2.24, 2.45) is 0 Å². The van der Waals surface area contributed by atoms with Crippen molar-refractivity contribution in [3.8, 4) is 11.1 Å². The molecular formula is C55H57BN2O. The molecule has 4 heteroatoms. The highest BCUT2D eigenvalue weighted by Crippen LogP contribution is 2.55. The molecule has 3 aliphatic rings. The van der Waals surface area contributed by atoms with Gasteiger partial charge in [0.1, 0.15) is 5.58 Å². The first-order valence-corrected chi connectivity index (χ1v) is 21.7. The first-order valence-electron chi connectivity index (χ1n) is 21.7. The van der Waals surface area contributed by atoms with E-state index in [1.807, 2.05) is 0 Å². The number of nitrogens with zero attached hydrogens (tertiary/aromatic N) is 2. The van der Waals surface area contributed by atoms with Crippen LogP contribution in [0.15, 0.2) is 126 Å². The van der Waals surface area contributed by atoms with Crippen molar-refractivity contribution in [3.05, 3.63) is 149 Å². The van der Waals surface area contributed by atoms with E-state index in [1.54, 1.807) is 0 Å². The molecule has 0 atom stereocenters. The average molecular weight is 773 g/mol. The van der Waals surface area contributed by atoms with Gasteiger partial charge in [-0.15, -0.1) is 0 Å². The summed E-state index contributed by atoms with van der Waals surface area (Å²) in [6.07, 6.45) is 2.29. The van der Waals surface area contributed by atoms with Gasteiger partial charge in [0, 0.05) is 33.7 Å². The van der Waals surface area contributed by atoms with Crippen LogP contribution in [-0.4, -0.2) is 6.71 Å². The van der Waals surface area contributed by atoms with Gasteiger partial charge in [0.25, 0.3) is 6.71 Å². The van der Waals surface area contributed by atoms with E-state index in [9.17, 15) is 0 Å². The van der Waals surface area contributed by atoms with Gasteiger partial charge in [-0.25, -0.2) is 0 Å². The Balaban J connectivity index is 1.34. The summed E-state index contributed by atoms with van der Waals surface area (Å²) in [4.78, 5) is 5.19. The van der Waals surface area contributed by atoms with Crippen molar-refractivity contribution in [3.63, 3.8) is 0 Å². The highest BCUT2D eigenvalue weighted by atomic mass is 16.3. The lowest BCUT2D eigenvalue weighted by molar-refractivity contribution is 0.333. The Kier molecular flexibility index (Phi) is 8.17. The predicted octanol–water partition coefficient (Wildman–Crippen LogP) is 13.4. The minimum Gasteiger partial charge on any atom is -0.468 e. The number of rotatable bonds is 3. The van der Waals surface area contributed by atoms with E-state index in [4.69, 9.17) is 4.42 Å². The molecule has 0 saturated heterocycles. The van der Waals surface area contributed by atoms with Gasteiger partial charge < -0.3 is 14.2 Å². The Bertz CT molecular complexity index is 2810. The summed E-state index contributed by atoms with van der Waals surface area (Å²) >= 11 is 0. The Morgan fingerprint density at radius 3 is 1.92 bits per heavy atom. The van der Waals surface area contributed by atoms with Gasteiger partial charge in [0.2, 0.25) is 0 Å². The zero-order valence-electron chi connectivity index (χ0n) is 36.8. The second kappa shape index (κ2) is 12.8. The summed E-state index contributed by atoms with van der Waals surface area (Å²) in [6, 6.07) is 46.0. The number of hydrogen-bond donors (Lipinski definition) is 0. The highest BCUT2D eigenvalue weighted by molar-refractivity contribution is 7.00. The van der Waals surface area contributed by atoms with Crippen LogP contribution in [0.3, 0.4) is 0 Å². The SMILES string of the molecule is Cc1cc2c3c(c1)N(c1ccc(C(C)(C)C)cc1-c1ccccc1)c1c(oc4ccccc14)B3c1ccc3c(c1N2c1ccc(C(C)(C)C)cc1)C(C)(C)CCC3(C)C. The Hall–Kier alpha value is -5.48. The largest absolute Gasteiger partial charge is 0.468 e. The van der Waals surface area contributed by atoms with Crippen LogP contribution >= 0.6 is 0 Å². The number of para-hydroxylation sites is 1. The lowest BCUT2D eigenvalue weighted by Gasteiger charge is -2.49. The van der Waals surface area contributed by atoms with Gasteiger partial charge in [-0.05, 0) is 134 Å². The van der Waals surface area contributed by atoms with Gasteiger partial charge in [0.05, 0.1) is 17.0 Å². The molecule has 59 heavy (non-hydrogen) atoms. The van der Waals surface area contributed by atoms with E-state index in [0.29, 0.717) is 0 Å². The van der Waals surface area contributed by atoms with Crippen molar-refractivity contribution in [1.82, 2.24) is 0 Å². The molecule has 3 nitrogen and oxygen atoms in total. The van der Waals surface area contributed by atoms with Crippen molar-refractivity contribution >= 4 is 68.4 Å². The Morgan fingerprint density at radius 1 is 0.593 bits per heavy atom. The minimum absolute atomic E-state index is 0.0146. The lowest BCUT2D eigenvalue weighted by Crippen LogP contribution is -2.61. The topological polar surface area (TPSA) is 19.6 Å². The first-order chi connectivity index (χ1) is 27.9. The van der Waals surface area contributed by atoms with Crippen LogP contribution in [0.5, 0.6) is 0 Å². The molecule has 0 amide bonds. The zero-order valence-corrected chi connectivity index (χ0v) is 36.8. The van der Waals surface area contributed by atoms with Gasteiger partial charge in [0.15, 0.2) is 0 Å². The van der Waals surface area contributed by atoms with Crippen LogP contribution in [0, 0.1) is 6.92 Å². The van der Waals surface area contributed by atoms with Crippen LogP contribution in [0.2, 0.25) is 0 Å². The number of furan rings is 1. The molecular weight excluding hydrogens is 715 g/mol. The zero-order chi connectivity index (χ0) is 41.4. The van der Waals surface area contributed by atoms with E-state index in [-0.39, 0.29) is 28.4 Å². The molecule has 0 radical (unpaired) electrons. The molecule has 1 aliphatic carbocycles. The van der Waals surface area contributed by atoms with E-state index in [1.165, 1.54) is 72.6 Å². The van der Waals surface area contributed by atoms with Crippen molar-refractivity contribution in [2.75, 3.05) is 9.80 Å². The summed E-state index contributed by atoms with van der Waals surface area (Å²) < 4.78 is 7.27. The Morgan fingerprint density at radius 2 is 1.22 bits per heavy atom. The fraction of sp³-hybridized carbons (Fsp3) is 0.309. The maximum Gasteiger partial charge on any atom is 0.297 e. The second-order valence-electron chi connectivity index (χ2n) is 21.0. The maximum absolute atomic E-state index is 7.27. The molecule has 2 aliphatic heterocycles. The van der Waals surface area contributed by atoms with Crippen LogP contribution in [0.4, 0.5) is 34.1 Å². The fourth-order valence-corrected chi connectivity index (χ4v) is 10.5. The van der Waals surface area contributed by atoms with Crippen LogP contribution < -0.4 is 26.4 Å². The van der Waals surface area contributed by atoms with E-state index >= 15 is 0 Å². The molecule has 0 saturated carbocycles. The van der Waals surface area contributed by atoms with Gasteiger partial charge in [-0.3, -0.25) is 0 Å². The third-order valence-corrected chi connectivity index (χ3v) is 13.8. The number of aryl methyl sites for hydroxylation is 1. The van der Waals surface area contributed by atoms with Crippen molar-refractivity contribution < 1.29 is 4.42 Å². The summed E-state index contributed by atoms with van der Waals surface area (Å²) in [7, 11) is 0.